The largest absolute Gasteiger partial charge is 0.346 e. The predicted octanol–water partition coefficient (Wildman–Crippen LogP) is 4.54. The Hall–Kier alpha value is -3.60. The summed E-state index contributed by atoms with van der Waals surface area (Å²) in [5.41, 5.74) is 4.34. The summed E-state index contributed by atoms with van der Waals surface area (Å²) in [6, 6.07) is 16.1. The van der Waals surface area contributed by atoms with Crippen LogP contribution in [0.5, 0.6) is 0 Å². The van der Waals surface area contributed by atoms with Crippen molar-refractivity contribution in [1.29, 1.82) is 0 Å². The standard InChI is InChI=1S/C21H15N5/c1-13-5-4-8-18(24-13)21-25-19(16-9-10-23-20(16)26-21)17-12-22-11-14-6-2-3-7-15(14)17/h2-12H,1H3,(H,23,25,26). The number of aryl methyl sites for hydroxylation is 1. The highest BCUT2D eigenvalue weighted by molar-refractivity contribution is 6.02. The van der Waals surface area contributed by atoms with Crippen molar-refractivity contribution >= 4 is 21.8 Å². The summed E-state index contributed by atoms with van der Waals surface area (Å²) >= 11 is 0. The fourth-order valence-corrected chi connectivity index (χ4v) is 3.23. The zero-order valence-electron chi connectivity index (χ0n) is 14.1. The maximum Gasteiger partial charge on any atom is 0.180 e. The molecule has 4 aromatic heterocycles. The minimum Gasteiger partial charge on any atom is -0.346 e. The van der Waals surface area contributed by atoms with Crippen molar-refractivity contribution in [3.8, 4) is 22.8 Å². The van der Waals surface area contributed by atoms with Gasteiger partial charge in [0.25, 0.3) is 0 Å². The number of aromatic amines is 1. The van der Waals surface area contributed by atoms with E-state index < -0.39 is 0 Å². The normalized spacial score (nSPS) is 11.3. The van der Waals surface area contributed by atoms with Crippen molar-refractivity contribution < 1.29 is 0 Å². The second-order valence-electron chi connectivity index (χ2n) is 6.21. The average molecular weight is 337 g/mol. The molecule has 5 rings (SSSR count). The summed E-state index contributed by atoms with van der Waals surface area (Å²) in [7, 11) is 0. The first kappa shape index (κ1) is 14.7. The molecule has 0 bridgehead atoms. The molecule has 0 fully saturated rings. The summed E-state index contributed by atoms with van der Waals surface area (Å²) < 4.78 is 0. The van der Waals surface area contributed by atoms with Crippen LogP contribution in [0.2, 0.25) is 0 Å². The van der Waals surface area contributed by atoms with Crippen LogP contribution in [0.4, 0.5) is 0 Å². The van der Waals surface area contributed by atoms with Crippen LogP contribution in [0.3, 0.4) is 0 Å². The van der Waals surface area contributed by atoms with E-state index in [1.807, 2.05) is 61.9 Å². The van der Waals surface area contributed by atoms with Crippen LogP contribution in [0.25, 0.3) is 44.6 Å². The molecule has 5 heteroatoms. The van der Waals surface area contributed by atoms with Crippen LogP contribution in [0, 0.1) is 6.92 Å². The molecule has 0 atom stereocenters. The molecule has 0 saturated heterocycles. The first-order chi connectivity index (χ1) is 12.8. The van der Waals surface area contributed by atoms with Crippen molar-refractivity contribution in [1.82, 2.24) is 24.9 Å². The first-order valence-corrected chi connectivity index (χ1v) is 8.42. The van der Waals surface area contributed by atoms with Gasteiger partial charge >= 0.3 is 0 Å². The Morgan fingerprint density at radius 3 is 2.65 bits per heavy atom. The van der Waals surface area contributed by atoms with Gasteiger partial charge in [0.05, 0.1) is 5.69 Å². The fourth-order valence-electron chi connectivity index (χ4n) is 3.23. The number of hydrogen-bond donors (Lipinski definition) is 1. The molecule has 0 amide bonds. The van der Waals surface area contributed by atoms with Gasteiger partial charge in [0.2, 0.25) is 0 Å². The lowest BCUT2D eigenvalue weighted by atomic mass is 10.0. The number of benzene rings is 1. The van der Waals surface area contributed by atoms with E-state index in [2.05, 4.69) is 32.1 Å². The molecule has 124 valence electrons. The summed E-state index contributed by atoms with van der Waals surface area (Å²) in [4.78, 5) is 21.7. The zero-order chi connectivity index (χ0) is 17.5. The minimum atomic E-state index is 0.603. The molecule has 26 heavy (non-hydrogen) atoms. The number of fused-ring (bicyclic) bond motifs is 2. The Kier molecular flexibility index (Phi) is 3.25. The monoisotopic (exact) mass is 337 g/mol. The number of H-pyrrole nitrogens is 1. The third kappa shape index (κ3) is 2.33. The van der Waals surface area contributed by atoms with Crippen molar-refractivity contribution in [2.75, 3.05) is 0 Å². The molecule has 1 N–H and O–H groups in total. The van der Waals surface area contributed by atoms with E-state index in [1.54, 1.807) is 0 Å². The summed E-state index contributed by atoms with van der Waals surface area (Å²) in [5, 5.41) is 3.17. The molecule has 0 spiro atoms. The highest BCUT2D eigenvalue weighted by Gasteiger charge is 2.15. The maximum absolute atomic E-state index is 4.87. The van der Waals surface area contributed by atoms with Gasteiger partial charge in [-0.25, -0.2) is 15.0 Å². The van der Waals surface area contributed by atoms with Crippen LogP contribution in [-0.2, 0) is 0 Å². The second kappa shape index (κ2) is 5.74. The Morgan fingerprint density at radius 2 is 1.73 bits per heavy atom. The van der Waals surface area contributed by atoms with E-state index in [0.717, 1.165) is 44.5 Å². The molecule has 4 heterocycles. The van der Waals surface area contributed by atoms with E-state index in [1.165, 1.54) is 0 Å². The van der Waals surface area contributed by atoms with Gasteiger partial charge in [-0.05, 0) is 30.5 Å². The van der Waals surface area contributed by atoms with E-state index in [0.29, 0.717) is 5.82 Å². The van der Waals surface area contributed by atoms with Gasteiger partial charge in [0.15, 0.2) is 5.82 Å². The predicted molar refractivity (Wildman–Crippen MR) is 103 cm³/mol. The van der Waals surface area contributed by atoms with Crippen LogP contribution < -0.4 is 0 Å². The van der Waals surface area contributed by atoms with Gasteiger partial charge in [-0.2, -0.15) is 0 Å². The summed E-state index contributed by atoms with van der Waals surface area (Å²) in [6.07, 6.45) is 5.62. The molecular formula is C21H15N5. The van der Waals surface area contributed by atoms with Gasteiger partial charge in [0, 0.05) is 40.6 Å². The average Bonchev–Trinajstić information content (AvgIpc) is 3.15. The lowest BCUT2D eigenvalue weighted by Crippen LogP contribution is -1.97. The third-order valence-corrected chi connectivity index (χ3v) is 4.46. The van der Waals surface area contributed by atoms with Crippen molar-refractivity contribution in [3.63, 3.8) is 0 Å². The quantitative estimate of drug-likeness (QED) is 0.513. The molecular weight excluding hydrogens is 322 g/mol. The molecule has 1 aromatic carbocycles. The molecule has 0 aliphatic heterocycles. The Balaban J connectivity index is 1.83. The van der Waals surface area contributed by atoms with Crippen LogP contribution in [-0.4, -0.2) is 24.9 Å². The summed E-state index contributed by atoms with van der Waals surface area (Å²) in [5.74, 6) is 0.603. The lowest BCUT2D eigenvalue weighted by molar-refractivity contribution is 1.13. The minimum absolute atomic E-state index is 0.603. The van der Waals surface area contributed by atoms with Gasteiger partial charge in [-0.15, -0.1) is 0 Å². The number of hydrogen-bond acceptors (Lipinski definition) is 4. The highest BCUT2D eigenvalue weighted by Crippen LogP contribution is 2.32. The third-order valence-electron chi connectivity index (χ3n) is 4.46. The molecule has 0 unspecified atom stereocenters. The molecule has 5 aromatic rings. The maximum atomic E-state index is 4.87. The summed E-state index contributed by atoms with van der Waals surface area (Å²) in [6.45, 7) is 1.96. The van der Waals surface area contributed by atoms with Gasteiger partial charge < -0.3 is 4.98 Å². The van der Waals surface area contributed by atoms with E-state index in [-0.39, 0.29) is 0 Å². The van der Waals surface area contributed by atoms with Crippen molar-refractivity contribution in [2.24, 2.45) is 0 Å². The number of pyridine rings is 2. The number of nitrogens with one attached hydrogen (secondary N) is 1. The van der Waals surface area contributed by atoms with Gasteiger partial charge in [-0.1, -0.05) is 30.3 Å². The molecule has 0 aliphatic carbocycles. The van der Waals surface area contributed by atoms with E-state index in [4.69, 9.17) is 4.98 Å². The first-order valence-electron chi connectivity index (χ1n) is 8.42. The van der Waals surface area contributed by atoms with Crippen LogP contribution in [0.15, 0.2) is 67.1 Å². The van der Waals surface area contributed by atoms with Crippen LogP contribution in [0.1, 0.15) is 5.69 Å². The Bertz CT molecular complexity index is 1250. The smallest absolute Gasteiger partial charge is 0.180 e. The SMILES string of the molecule is Cc1cccc(-c2nc(-c3cncc4ccccc34)c3cc[nH]c3n2)n1. The van der Waals surface area contributed by atoms with Crippen molar-refractivity contribution in [3.05, 3.63) is 72.8 Å². The van der Waals surface area contributed by atoms with E-state index >= 15 is 0 Å². The van der Waals surface area contributed by atoms with Gasteiger partial charge in [0.1, 0.15) is 11.3 Å². The lowest BCUT2D eigenvalue weighted by Gasteiger charge is -2.09. The van der Waals surface area contributed by atoms with Crippen LogP contribution >= 0.6 is 0 Å². The highest BCUT2D eigenvalue weighted by atomic mass is 15.0. The number of rotatable bonds is 2. The topological polar surface area (TPSA) is 67.3 Å². The van der Waals surface area contributed by atoms with E-state index in [9.17, 15) is 0 Å². The fraction of sp³-hybridized carbons (Fsp3) is 0.0476. The van der Waals surface area contributed by atoms with Gasteiger partial charge in [-0.3, -0.25) is 4.98 Å². The molecule has 5 nitrogen and oxygen atoms in total. The molecule has 0 saturated carbocycles. The molecule has 0 radical (unpaired) electrons. The second-order valence-corrected chi connectivity index (χ2v) is 6.21. The zero-order valence-corrected chi connectivity index (χ0v) is 14.1. The molecule has 0 aliphatic rings. The Labute approximate surface area is 149 Å². The van der Waals surface area contributed by atoms with Crippen molar-refractivity contribution in [2.45, 2.75) is 6.92 Å². The Morgan fingerprint density at radius 1 is 0.808 bits per heavy atom. The number of nitrogens with zero attached hydrogens (tertiary/aromatic N) is 4. The number of aromatic nitrogens is 5.